The van der Waals surface area contributed by atoms with Crippen molar-refractivity contribution in [3.8, 4) is 0 Å². The Hall–Kier alpha value is -2.50. The van der Waals surface area contributed by atoms with Crippen LogP contribution in [-0.2, 0) is 0 Å². The van der Waals surface area contributed by atoms with E-state index in [4.69, 9.17) is 5.73 Å². The summed E-state index contributed by atoms with van der Waals surface area (Å²) in [5.74, 6) is 0.494. The van der Waals surface area contributed by atoms with Gasteiger partial charge in [-0.3, -0.25) is 4.79 Å². The Kier molecular flexibility index (Phi) is 2.73. The van der Waals surface area contributed by atoms with Gasteiger partial charge in [0, 0.05) is 18.6 Å². The molecule has 16 heavy (non-hydrogen) atoms. The smallest absolute Gasteiger partial charge is 0.250 e. The lowest BCUT2D eigenvalue weighted by molar-refractivity contribution is 0.1000. The molecule has 3 N–H and O–H groups in total. The Labute approximate surface area is 91.6 Å². The zero-order chi connectivity index (χ0) is 11.4. The van der Waals surface area contributed by atoms with Crippen molar-refractivity contribution in [1.29, 1.82) is 0 Å². The lowest BCUT2D eigenvalue weighted by Gasteiger charge is -2.02. The summed E-state index contributed by atoms with van der Waals surface area (Å²) in [6.07, 6.45) is 4.63. The minimum Gasteiger partial charge on any atom is -0.366 e. The van der Waals surface area contributed by atoms with Crippen LogP contribution < -0.4 is 11.1 Å². The Morgan fingerprint density at radius 1 is 1.19 bits per heavy atom. The van der Waals surface area contributed by atoms with Crippen LogP contribution in [0.5, 0.6) is 0 Å². The first-order chi connectivity index (χ1) is 7.75. The van der Waals surface area contributed by atoms with Gasteiger partial charge < -0.3 is 11.1 Å². The molecule has 2 aromatic heterocycles. The number of primary amides is 1. The highest BCUT2D eigenvalue weighted by Gasteiger charge is 2.01. The largest absolute Gasteiger partial charge is 0.366 e. The van der Waals surface area contributed by atoms with E-state index < -0.39 is 5.91 Å². The maximum absolute atomic E-state index is 10.8. The lowest BCUT2D eigenvalue weighted by Crippen LogP contribution is -2.11. The van der Waals surface area contributed by atoms with Crippen LogP contribution in [0.1, 0.15) is 10.4 Å². The van der Waals surface area contributed by atoms with Crippen molar-refractivity contribution >= 4 is 17.7 Å². The van der Waals surface area contributed by atoms with Crippen LogP contribution >= 0.6 is 0 Å². The van der Waals surface area contributed by atoms with Crippen molar-refractivity contribution in [3.05, 3.63) is 42.4 Å². The Morgan fingerprint density at radius 2 is 1.94 bits per heavy atom. The molecule has 0 atom stereocenters. The number of hydrogen-bond donors (Lipinski definition) is 2. The third-order valence-electron chi connectivity index (χ3n) is 1.85. The Balaban J connectivity index is 2.14. The average molecular weight is 215 g/mol. The van der Waals surface area contributed by atoms with Crippen molar-refractivity contribution in [2.75, 3.05) is 5.32 Å². The molecule has 80 valence electrons. The second-order valence-electron chi connectivity index (χ2n) is 2.99. The number of nitrogens with one attached hydrogen (secondary N) is 1. The second kappa shape index (κ2) is 4.35. The van der Waals surface area contributed by atoms with Gasteiger partial charge in [-0.2, -0.15) is 0 Å². The monoisotopic (exact) mass is 215 g/mol. The van der Waals surface area contributed by atoms with E-state index in [2.05, 4.69) is 20.3 Å². The molecule has 0 aliphatic rings. The number of anilines is 2. The maximum atomic E-state index is 10.8. The molecule has 0 aliphatic carbocycles. The minimum atomic E-state index is -0.505. The Morgan fingerprint density at radius 3 is 2.50 bits per heavy atom. The topological polar surface area (TPSA) is 93.8 Å². The van der Waals surface area contributed by atoms with Gasteiger partial charge >= 0.3 is 0 Å². The molecule has 2 aromatic rings. The molecule has 0 fully saturated rings. The molecule has 0 unspecified atom stereocenters. The summed E-state index contributed by atoms with van der Waals surface area (Å²) in [5.41, 5.74) is 5.45. The molecule has 1 amide bonds. The SMILES string of the molecule is NC(=O)c1ccc(Nc2ncccn2)nc1. The van der Waals surface area contributed by atoms with Crippen LogP contribution in [0.4, 0.5) is 11.8 Å². The van der Waals surface area contributed by atoms with E-state index in [9.17, 15) is 4.79 Å². The number of carbonyl (C=O) groups is 1. The molecule has 6 nitrogen and oxygen atoms in total. The van der Waals surface area contributed by atoms with Crippen LogP contribution in [0.2, 0.25) is 0 Å². The van der Waals surface area contributed by atoms with Gasteiger partial charge in [0.1, 0.15) is 5.82 Å². The molecular formula is C10H9N5O. The van der Waals surface area contributed by atoms with Crippen LogP contribution in [-0.4, -0.2) is 20.9 Å². The first kappa shape index (κ1) is 10.0. The zero-order valence-electron chi connectivity index (χ0n) is 8.29. The van der Waals surface area contributed by atoms with Gasteiger partial charge in [-0.05, 0) is 18.2 Å². The molecule has 0 spiro atoms. The summed E-state index contributed by atoms with van der Waals surface area (Å²) in [5, 5.41) is 2.88. The maximum Gasteiger partial charge on any atom is 0.250 e. The summed E-state index contributed by atoms with van der Waals surface area (Å²) in [6, 6.07) is 4.94. The number of pyridine rings is 1. The quantitative estimate of drug-likeness (QED) is 0.786. The highest BCUT2D eigenvalue weighted by molar-refractivity contribution is 5.92. The molecule has 0 saturated carbocycles. The molecule has 0 aromatic carbocycles. The fourth-order valence-corrected chi connectivity index (χ4v) is 1.09. The lowest BCUT2D eigenvalue weighted by atomic mass is 10.3. The van der Waals surface area contributed by atoms with Gasteiger partial charge in [0.15, 0.2) is 0 Å². The van der Waals surface area contributed by atoms with Crippen LogP contribution in [0.25, 0.3) is 0 Å². The Bertz CT molecular complexity index is 482. The van der Waals surface area contributed by atoms with Gasteiger partial charge in [0.2, 0.25) is 11.9 Å². The van der Waals surface area contributed by atoms with E-state index in [0.717, 1.165) is 0 Å². The number of nitrogens with two attached hydrogens (primary N) is 1. The van der Waals surface area contributed by atoms with E-state index in [1.807, 2.05) is 0 Å². The zero-order valence-corrected chi connectivity index (χ0v) is 8.29. The number of hydrogen-bond acceptors (Lipinski definition) is 5. The molecule has 0 saturated heterocycles. The standard InChI is InChI=1S/C10H9N5O/c11-9(16)7-2-3-8(14-6-7)15-10-12-4-1-5-13-10/h1-6H,(H2,11,16)(H,12,13,14,15). The number of carbonyl (C=O) groups excluding carboxylic acids is 1. The number of aromatic nitrogens is 3. The predicted octanol–water partition coefficient (Wildman–Crippen LogP) is 0.714. The fraction of sp³-hybridized carbons (Fsp3) is 0. The van der Waals surface area contributed by atoms with E-state index in [1.54, 1.807) is 30.6 Å². The van der Waals surface area contributed by atoms with E-state index >= 15 is 0 Å². The van der Waals surface area contributed by atoms with Crippen molar-refractivity contribution in [2.45, 2.75) is 0 Å². The third-order valence-corrected chi connectivity index (χ3v) is 1.85. The van der Waals surface area contributed by atoms with Crippen LogP contribution in [0, 0.1) is 0 Å². The third kappa shape index (κ3) is 2.30. The van der Waals surface area contributed by atoms with Gasteiger partial charge in [-0.1, -0.05) is 0 Å². The van der Waals surface area contributed by atoms with Gasteiger partial charge in [-0.15, -0.1) is 0 Å². The molecule has 2 rings (SSSR count). The molecule has 0 aliphatic heterocycles. The van der Waals surface area contributed by atoms with Gasteiger partial charge in [-0.25, -0.2) is 15.0 Å². The predicted molar refractivity (Wildman–Crippen MR) is 58.1 cm³/mol. The summed E-state index contributed by atoms with van der Waals surface area (Å²) in [4.78, 5) is 22.8. The van der Waals surface area contributed by atoms with Crippen molar-refractivity contribution in [3.63, 3.8) is 0 Å². The van der Waals surface area contributed by atoms with E-state index in [1.165, 1.54) is 6.20 Å². The number of nitrogens with zero attached hydrogens (tertiary/aromatic N) is 3. The summed E-state index contributed by atoms with van der Waals surface area (Å²) in [6.45, 7) is 0. The summed E-state index contributed by atoms with van der Waals surface area (Å²) < 4.78 is 0. The number of amides is 1. The van der Waals surface area contributed by atoms with Crippen molar-refractivity contribution in [2.24, 2.45) is 5.73 Å². The molecule has 6 heteroatoms. The van der Waals surface area contributed by atoms with Crippen LogP contribution in [0.15, 0.2) is 36.8 Å². The molecule has 0 radical (unpaired) electrons. The van der Waals surface area contributed by atoms with Gasteiger partial charge in [0.25, 0.3) is 0 Å². The number of rotatable bonds is 3. The molecule has 0 bridgehead atoms. The van der Waals surface area contributed by atoms with E-state index in [0.29, 0.717) is 17.3 Å². The second-order valence-corrected chi connectivity index (χ2v) is 2.99. The molecule has 2 heterocycles. The first-order valence-corrected chi connectivity index (χ1v) is 4.55. The highest BCUT2D eigenvalue weighted by atomic mass is 16.1. The normalized spacial score (nSPS) is 9.75. The van der Waals surface area contributed by atoms with E-state index in [-0.39, 0.29) is 0 Å². The average Bonchev–Trinajstić information content (AvgIpc) is 2.31. The minimum absolute atomic E-state index is 0.361. The summed E-state index contributed by atoms with van der Waals surface area (Å²) >= 11 is 0. The highest BCUT2D eigenvalue weighted by Crippen LogP contribution is 2.08. The van der Waals surface area contributed by atoms with Crippen molar-refractivity contribution < 1.29 is 4.79 Å². The summed E-state index contributed by atoms with van der Waals surface area (Å²) in [7, 11) is 0. The van der Waals surface area contributed by atoms with Crippen LogP contribution in [0.3, 0.4) is 0 Å². The first-order valence-electron chi connectivity index (χ1n) is 4.55. The van der Waals surface area contributed by atoms with Crippen molar-refractivity contribution in [1.82, 2.24) is 15.0 Å². The fourth-order valence-electron chi connectivity index (χ4n) is 1.09. The van der Waals surface area contributed by atoms with Gasteiger partial charge in [0.05, 0.1) is 5.56 Å². The molecular weight excluding hydrogens is 206 g/mol.